The molecule has 3 aliphatic rings. The van der Waals surface area contributed by atoms with Gasteiger partial charge < -0.3 is 24.7 Å². The Morgan fingerprint density at radius 1 is 1.00 bits per heavy atom. The molecule has 0 unspecified atom stereocenters. The molecule has 3 fully saturated rings. The van der Waals surface area contributed by atoms with Gasteiger partial charge in [0.15, 0.2) is 9.84 Å². The molecule has 6 rings (SSSR count). The first-order valence-electron chi connectivity index (χ1n) is 14.3. The normalized spacial score (nSPS) is 18.9. The zero-order valence-electron chi connectivity index (χ0n) is 22.4. The lowest BCUT2D eigenvalue weighted by molar-refractivity contribution is 0.0256. The molecule has 208 valence electrons. The molecule has 1 aromatic heterocycles. The van der Waals surface area contributed by atoms with Crippen LogP contribution in [-0.2, 0) is 14.6 Å². The highest BCUT2D eigenvalue weighted by Gasteiger charge is 2.32. The van der Waals surface area contributed by atoms with Gasteiger partial charge in [-0.1, -0.05) is 19.1 Å². The predicted octanol–water partition coefficient (Wildman–Crippen LogP) is 6.06. The maximum absolute atomic E-state index is 13.6. The SMILES string of the molecule is CCS(=O)(=O)c1c(-c2ccc(NC(=O)NC3CCC3)cc2)n(C2CCC2)c2cc(OC3CCOCC3)ccc12. The summed E-state index contributed by atoms with van der Waals surface area (Å²) in [6, 6.07) is 13.6. The first-order chi connectivity index (χ1) is 18.9. The molecule has 2 N–H and O–H groups in total. The van der Waals surface area contributed by atoms with Gasteiger partial charge in [0.2, 0.25) is 0 Å². The second kappa shape index (κ2) is 10.8. The number of hydrogen-bond acceptors (Lipinski definition) is 5. The largest absolute Gasteiger partial charge is 0.490 e. The number of aromatic nitrogens is 1. The lowest BCUT2D eigenvalue weighted by Gasteiger charge is -2.30. The molecule has 3 aromatic rings. The maximum atomic E-state index is 13.6. The van der Waals surface area contributed by atoms with Crippen LogP contribution in [0.15, 0.2) is 47.4 Å². The third-order valence-corrected chi connectivity index (χ3v) is 10.2. The van der Waals surface area contributed by atoms with Crippen molar-refractivity contribution in [1.29, 1.82) is 0 Å². The number of anilines is 1. The minimum atomic E-state index is -3.54. The van der Waals surface area contributed by atoms with Crippen molar-refractivity contribution >= 4 is 32.5 Å². The number of nitrogens with zero attached hydrogens (tertiary/aromatic N) is 1. The monoisotopic (exact) mass is 551 g/mol. The summed E-state index contributed by atoms with van der Waals surface area (Å²) in [5.74, 6) is 0.780. The number of nitrogens with one attached hydrogen (secondary N) is 2. The highest BCUT2D eigenvalue weighted by Crippen LogP contribution is 2.45. The number of ether oxygens (including phenoxy) is 2. The Bertz CT molecular complexity index is 1450. The molecule has 0 spiro atoms. The van der Waals surface area contributed by atoms with E-state index in [0.29, 0.717) is 23.8 Å². The quantitative estimate of drug-likeness (QED) is 0.355. The van der Waals surface area contributed by atoms with Crippen LogP contribution in [0, 0.1) is 0 Å². The molecule has 1 aliphatic heterocycles. The van der Waals surface area contributed by atoms with E-state index in [-0.39, 0.29) is 30.0 Å². The lowest BCUT2D eigenvalue weighted by atomic mass is 9.92. The lowest BCUT2D eigenvalue weighted by Crippen LogP contribution is -2.41. The van der Waals surface area contributed by atoms with Crippen molar-refractivity contribution in [1.82, 2.24) is 9.88 Å². The summed E-state index contributed by atoms with van der Waals surface area (Å²) in [7, 11) is -3.54. The van der Waals surface area contributed by atoms with Crippen LogP contribution < -0.4 is 15.4 Å². The number of fused-ring (bicyclic) bond motifs is 1. The molecular weight excluding hydrogens is 514 g/mol. The van der Waals surface area contributed by atoms with Crippen molar-refractivity contribution < 1.29 is 22.7 Å². The first kappa shape index (κ1) is 26.2. The van der Waals surface area contributed by atoms with Crippen molar-refractivity contribution in [3.8, 4) is 17.0 Å². The van der Waals surface area contributed by atoms with Gasteiger partial charge in [-0.15, -0.1) is 0 Å². The average molecular weight is 552 g/mol. The number of urea groups is 1. The van der Waals surface area contributed by atoms with Gasteiger partial charge in [-0.3, -0.25) is 0 Å². The van der Waals surface area contributed by atoms with E-state index in [9.17, 15) is 13.2 Å². The average Bonchev–Trinajstić information content (AvgIpc) is 3.21. The zero-order chi connectivity index (χ0) is 27.0. The number of amides is 2. The van der Waals surface area contributed by atoms with Crippen LogP contribution in [0.25, 0.3) is 22.2 Å². The summed E-state index contributed by atoms with van der Waals surface area (Å²) in [5.41, 5.74) is 3.12. The molecule has 2 amide bonds. The van der Waals surface area contributed by atoms with Gasteiger partial charge in [0, 0.05) is 42.1 Å². The molecular formula is C30H37N3O5S. The van der Waals surface area contributed by atoms with E-state index in [1.54, 1.807) is 6.92 Å². The van der Waals surface area contributed by atoms with Gasteiger partial charge in [0.05, 0.1) is 30.2 Å². The predicted molar refractivity (Wildman–Crippen MR) is 152 cm³/mol. The number of rotatable bonds is 8. The Balaban J connectivity index is 1.40. The number of sulfone groups is 1. The molecule has 9 heteroatoms. The fourth-order valence-electron chi connectivity index (χ4n) is 5.69. The van der Waals surface area contributed by atoms with Crippen molar-refractivity contribution in [2.24, 2.45) is 0 Å². The third-order valence-electron chi connectivity index (χ3n) is 8.39. The molecule has 2 aromatic carbocycles. The maximum Gasteiger partial charge on any atom is 0.319 e. The standard InChI is InChI=1S/C30H37N3O5S/c1-2-39(35,36)29-26-14-13-25(38-24-15-17-37-18-16-24)19-27(26)33(23-7-4-8-23)28(29)20-9-11-22(12-10-20)32-30(34)31-21-5-3-6-21/h9-14,19,21,23-24H,2-8,15-18H2,1H3,(H2,31,32,34). The van der Waals surface area contributed by atoms with Crippen LogP contribution in [0.1, 0.15) is 64.3 Å². The molecule has 2 saturated carbocycles. The molecule has 39 heavy (non-hydrogen) atoms. The molecule has 1 saturated heterocycles. The summed E-state index contributed by atoms with van der Waals surface area (Å²) in [5, 5.41) is 6.63. The summed E-state index contributed by atoms with van der Waals surface area (Å²) in [6.45, 7) is 3.09. The topological polar surface area (TPSA) is 98.7 Å². The third kappa shape index (κ3) is 5.26. The summed E-state index contributed by atoms with van der Waals surface area (Å²) >= 11 is 0. The molecule has 0 radical (unpaired) electrons. The second-order valence-corrected chi connectivity index (χ2v) is 13.2. The van der Waals surface area contributed by atoms with Crippen LogP contribution in [0.5, 0.6) is 5.75 Å². The number of hydrogen-bond donors (Lipinski definition) is 2. The highest BCUT2D eigenvalue weighted by atomic mass is 32.2. The van der Waals surface area contributed by atoms with Crippen LogP contribution in [0.4, 0.5) is 10.5 Å². The van der Waals surface area contributed by atoms with Crippen molar-refractivity contribution in [3.05, 3.63) is 42.5 Å². The fraction of sp³-hybridized carbons (Fsp3) is 0.500. The van der Waals surface area contributed by atoms with E-state index >= 15 is 0 Å². The van der Waals surface area contributed by atoms with E-state index in [1.807, 2.05) is 42.5 Å². The summed E-state index contributed by atoms with van der Waals surface area (Å²) < 4.78 is 41.2. The van der Waals surface area contributed by atoms with Gasteiger partial charge in [-0.05, 0) is 68.4 Å². The van der Waals surface area contributed by atoms with E-state index < -0.39 is 9.84 Å². The Morgan fingerprint density at radius 2 is 1.72 bits per heavy atom. The Morgan fingerprint density at radius 3 is 2.33 bits per heavy atom. The first-order valence-corrected chi connectivity index (χ1v) is 15.9. The van der Waals surface area contributed by atoms with Crippen LogP contribution >= 0.6 is 0 Å². The summed E-state index contributed by atoms with van der Waals surface area (Å²) in [4.78, 5) is 12.7. The molecule has 8 nitrogen and oxygen atoms in total. The zero-order valence-corrected chi connectivity index (χ0v) is 23.3. The highest BCUT2D eigenvalue weighted by molar-refractivity contribution is 7.91. The molecule has 2 aliphatic carbocycles. The number of carbonyl (C=O) groups excluding carboxylic acids is 1. The van der Waals surface area contributed by atoms with Gasteiger partial charge in [-0.25, -0.2) is 13.2 Å². The van der Waals surface area contributed by atoms with Crippen LogP contribution in [-0.4, -0.2) is 50.1 Å². The van der Waals surface area contributed by atoms with E-state index in [1.165, 1.54) is 0 Å². The Kier molecular flexibility index (Phi) is 7.29. The van der Waals surface area contributed by atoms with E-state index in [2.05, 4.69) is 15.2 Å². The van der Waals surface area contributed by atoms with Crippen LogP contribution in [0.3, 0.4) is 0 Å². The number of benzene rings is 2. The Hall–Kier alpha value is -3.04. The van der Waals surface area contributed by atoms with E-state index in [4.69, 9.17) is 9.47 Å². The minimum Gasteiger partial charge on any atom is -0.490 e. The van der Waals surface area contributed by atoms with Crippen LogP contribution in [0.2, 0.25) is 0 Å². The molecule has 0 atom stereocenters. The number of carbonyl (C=O) groups is 1. The van der Waals surface area contributed by atoms with Gasteiger partial charge in [-0.2, -0.15) is 0 Å². The summed E-state index contributed by atoms with van der Waals surface area (Å²) in [6.07, 6.45) is 8.13. The van der Waals surface area contributed by atoms with Gasteiger partial charge in [0.25, 0.3) is 0 Å². The van der Waals surface area contributed by atoms with Crippen molar-refractivity contribution in [2.75, 3.05) is 24.3 Å². The molecule has 0 bridgehead atoms. The fourth-order valence-corrected chi connectivity index (χ4v) is 7.00. The minimum absolute atomic E-state index is 0.0189. The Labute approximate surface area is 230 Å². The smallest absolute Gasteiger partial charge is 0.319 e. The van der Waals surface area contributed by atoms with Gasteiger partial charge in [0.1, 0.15) is 16.7 Å². The van der Waals surface area contributed by atoms with E-state index in [0.717, 1.165) is 79.3 Å². The second-order valence-electron chi connectivity index (χ2n) is 10.9. The molecule has 2 heterocycles. The van der Waals surface area contributed by atoms with Crippen molar-refractivity contribution in [3.63, 3.8) is 0 Å². The van der Waals surface area contributed by atoms with Gasteiger partial charge >= 0.3 is 6.03 Å². The van der Waals surface area contributed by atoms with Crippen molar-refractivity contribution in [2.45, 2.75) is 81.4 Å².